The molecule has 1 atom stereocenters. The number of benzene rings is 1. The van der Waals surface area contributed by atoms with E-state index in [9.17, 15) is 9.59 Å². The van der Waals surface area contributed by atoms with Crippen molar-refractivity contribution >= 4 is 51.5 Å². The van der Waals surface area contributed by atoms with Crippen molar-refractivity contribution in [1.82, 2.24) is 10.3 Å². The van der Waals surface area contributed by atoms with Crippen LogP contribution in [0.15, 0.2) is 47.2 Å². The minimum absolute atomic E-state index is 0.144. The predicted molar refractivity (Wildman–Crippen MR) is 106 cm³/mol. The average Bonchev–Trinajstić information content (AvgIpc) is 3.29. The molecule has 2 aromatic heterocycles. The third-order valence-electron chi connectivity index (χ3n) is 3.65. The number of hydrogen-bond acceptors (Lipinski definition) is 5. The summed E-state index contributed by atoms with van der Waals surface area (Å²) in [5.41, 5.74) is 0.918. The molecule has 0 radical (unpaired) electrons. The van der Waals surface area contributed by atoms with Crippen LogP contribution in [-0.4, -0.2) is 22.8 Å². The fourth-order valence-electron chi connectivity index (χ4n) is 2.25. The number of aromatic nitrogens is 1. The zero-order chi connectivity index (χ0) is 19.4. The minimum atomic E-state index is -0.749. The van der Waals surface area contributed by atoms with Crippen molar-refractivity contribution in [3.63, 3.8) is 0 Å². The summed E-state index contributed by atoms with van der Waals surface area (Å²) in [6.45, 7) is 1.58. The molecule has 9 heteroatoms. The Labute approximate surface area is 169 Å². The lowest BCUT2D eigenvalue weighted by Crippen LogP contribution is -2.41. The first-order chi connectivity index (χ1) is 12.9. The number of hydrogen-bond donors (Lipinski definition) is 2. The van der Waals surface area contributed by atoms with E-state index < -0.39 is 11.9 Å². The Kier molecular flexibility index (Phi) is 6.15. The number of anilines is 1. The summed E-state index contributed by atoms with van der Waals surface area (Å²) in [7, 11) is 0. The van der Waals surface area contributed by atoms with Crippen molar-refractivity contribution in [3.05, 3.63) is 69.0 Å². The van der Waals surface area contributed by atoms with Crippen LogP contribution in [0, 0.1) is 0 Å². The number of nitrogens with one attached hydrogen (secondary N) is 2. The van der Waals surface area contributed by atoms with Crippen LogP contribution < -0.4 is 10.6 Å². The van der Waals surface area contributed by atoms with Crippen molar-refractivity contribution in [1.29, 1.82) is 0 Å². The Hall–Kier alpha value is -2.35. The maximum absolute atomic E-state index is 12.3. The Balaban J connectivity index is 1.58. The molecule has 0 aliphatic rings. The Morgan fingerprint density at radius 1 is 1.30 bits per heavy atom. The van der Waals surface area contributed by atoms with Crippen molar-refractivity contribution in [3.8, 4) is 0 Å². The van der Waals surface area contributed by atoms with Crippen molar-refractivity contribution in [2.24, 2.45) is 0 Å². The van der Waals surface area contributed by atoms with Crippen LogP contribution in [0.2, 0.25) is 10.0 Å². The summed E-state index contributed by atoms with van der Waals surface area (Å²) in [4.78, 5) is 29.3. The highest BCUT2D eigenvalue weighted by molar-refractivity contribution is 7.15. The second-order valence-corrected chi connectivity index (χ2v) is 7.66. The number of carbonyl (C=O) groups is 2. The fraction of sp³-hybridized carbons (Fsp3) is 0.167. The van der Waals surface area contributed by atoms with Gasteiger partial charge in [0.05, 0.1) is 6.26 Å². The normalized spacial score (nSPS) is 11.8. The standard InChI is InChI=1S/C18H15Cl2N3O3S/c1-10(22-17(25)15-3-2-6-26-15)16(24)23-18-21-9-13(27-18)7-11-4-5-12(19)8-14(11)20/h2-6,8-10H,7H2,1H3,(H,22,25)(H,21,23,24). The highest BCUT2D eigenvalue weighted by Gasteiger charge is 2.19. The summed E-state index contributed by atoms with van der Waals surface area (Å²) < 4.78 is 5.00. The molecule has 0 saturated carbocycles. The largest absolute Gasteiger partial charge is 0.459 e. The molecule has 0 saturated heterocycles. The molecule has 0 bridgehead atoms. The lowest BCUT2D eigenvalue weighted by Gasteiger charge is -2.11. The van der Waals surface area contributed by atoms with Gasteiger partial charge in [-0.05, 0) is 36.8 Å². The highest BCUT2D eigenvalue weighted by atomic mass is 35.5. The molecule has 2 N–H and O–H groups in total. The third-order valence-corrected chi connectivity index (χ3v) is 5.15. The van der Waals surface area contributed by atoms with Crippen LogP contribution in [0.1, 0.15) is 27.9 Å². The van der Waals surface area contributed by atoms with E-state index >= 15 is 0 Å². The molecule has 2 amide bonds. The molecule has 27 heavy (non-hydrogen) atoms. The van der Waals surface area contributed by atoms with Crippen molar-refractivity contribution in [2.75, 3.05) is 5.32 Å². The second-order valence-electron chi connectivity index (χ2n) is 5.71. The van der Waals surface area contributed by atoms with Gasteiger partial charge in [-0.2, -0.15) is 0 Å². The second kappa shape index (κ2) is 8.56. The molecular formula is C18H15Cl2N3O3S. The summed E-state index contributed by atoms with van der Waals surface area (Å²) in [5, 5.41) is 6.85. The number of rotatable bonds is 6. The maximum Gasteiger partial charge on any atom is 0.287 e. The lowest BCUT2D eigenvalue weighted by molar-refractivity contribution is -0.117. The molecule has 0 aliphatic carbocycles. The van der Waals surface area contributed by atoms with Gasteiger partial charge in [0.25, 0.3) is 5.91 Å². The van der Waals surface area contributed by atoms with Gasteiger partial charge in [0.2, 0.25) is 5.91 Å². The molecular weight excluding hydrogens is 409 g/mol. The average molecular weight is 424 g/mol. The first-order valence-corrected chi connectivity index (χ1v) is 9.53. The SMILES string of the molecule is CC(NC(=O)c1ccco1)C(=O)Nc1ncc(Cc2ccc(Cl)cc2Cl)s1. The van der Waals surface area contributed by atoms with Crippen LogP contribution >= 0.6 is 34.5 Å². The van der Waals surface area contributed by atoms with Crippen LogP contribution in [0.5, 0.6) is 0 Å². The van der Waals surface area contributed by atoms with Gasteiger partial charge in [-0.15, -0.1) is 11.3 Å². The fourth-order valence-corrected chi connectivity index (χ4v) is 3.57. The molecule has 0 spiro atoms. The van der Waals surface area contributed by atoms with E-state index in [4.69, 9.17) is 27.6 Å². The van der Waals surface area contributed by atoms with Gasteiger partial charge in [-0.3, -0.25) is 9.59 Å². The van der Waals surface area contributed by atoms with Crippen LogP contribution in [0.4, 0.5) is 5.13 Å². The third kappa shape index (κ3) is 5.09. The van der Waals surface area contributed by atoms with E-state index in [-0.39, 0.29) is 11.7 Å². The van der Waals surface area contributed by atoms with Gasteiger partial charge in [-0.1, -0.05) is 29.3 Å². The molecule has 140 valence electrons. The van der Waals surface area contributed by atoms with Crippen molar-refractivity contribution < 1.29 is 14.0 Å². The monoisotopic (exact) mass is 423 g/mol. The molecule has 1 unspecified atom stereocenters. The summed E-state index contributed by atoms with van der Waals surface area (Å²) in [6, 6.07) is 7.69. The number of halogens is 2. The van der Waals surface area contributed by atoms with E-state index in [2.05, 4.69) is 15.6 Å². The minimum Gasteiger partial charge on any atom is -0.459 e. The Morgan fingerprint density at radius 3 is 2.81 bits per heavy atom. The quantitative estimate of drug-likeness (QED) is 0.615. The van der Waals surface area contributed by atoms with E-state index in [1.54, 1.807) is 31.3 Å². The van der Waals surface area contributed by atoms with Crippen LogP contribution in [0.25, 0.3) is 0 Å². The molecule has 3 rings (SSSR count). The Morgan fingerprint density at radius 2 is 2.11 bits per heavy atom. The first kappa shape index (κ1) is 19.4. The number of furan rings is 1. The topological polar surface area (TPSA) is 84.2 Å². The smallest absolute Gasteiger partial charge is 0.287 e. The zero-order valence-corrected chi connectivity index (χ0v) is 16.5. The van der Waals surface area contributed by atoms with Gasteiger partial charge in [0.1, 0.15) is 6.04 Å². The molecule has 6 nitrogen and oxygen atoms in total. The first-order valence-electron chi connectivity index (χ1n) is 7.96. The highest BCUT2D eigenvalue weighted by Crippen LogP contribution is 2.26. The molecule has 1 aromatic carbocycles. The van der Waals surface area contributed by atoms with Gasteiger partial charge in [0.15, 0.2) is 10.9 Å². The zero-order valence-electron chi connectivity index (χ0n) is 14.2. The number of nitrogens with zero attached hydrogens (tertiary/aromatic N) is 1. The lowest BCUT2D eigenvalue weighted by atomic mass is 10.1. The number of carbonyl (C=O) groups excluding carboxylic acids is 2. The molecule has 2 heterocycles. The van der Waals surface area contributed by atoms with Gasteiger partial charge < -0.3 is 15.1 Å². The van der Waals surface area contributed by atoms with Gasteiger partial charge in [0, 0.05) is 27.5 Å². The van der Waals surface area contributed by atoms with Crippen LogP contribution in [0.3, 0.4) is 0 Å². The summed E-state index contributed by atoms with van der Waals surface area (Å²) in [5.74, 6) is -0.689. The number of amides is 2. The summed E-state index contributed by atoms with van der Waals surface area (Å²) >= 11 is 13.4. The molecule has 0 fully saturated rings. The number of thiazole rings is 1. The molecule has 0 aliphatic heterocycles. The van der Waals surface area contributed by atoms with Gasteiger partial charge in [-0.25, -0.2) is 4.98 Å². The van der Waals surface area contributed by atoms with Crippen LogP contribution in [-0.2, 0) is 11.2 Å². The summed E-state index contributed by atoms with van der Waals surface area (Å²) in [6.07, 6.45) is 3.65. The van der Waals surface area contributed by atoms with E-state index in [0.29, 0.717) is 21.6 Å². The van der Waals surface area contributed by atoms with E-state index in [1.165, 1.54) is 23.7 Å². The molecule has 3 aromatic rings. The van der Waals surface area contributed by atoms with Gasteiger partial charge >= 0.3 is 0 Å². The van der Waals surface area contributed by atoms with E-state index in [1.807, 2.05) is 6.07 Å². The Bertz CT molecular complexity index is 957. The van der Waals surface area contributed by atoms with E-state index in [0.717, 1.165) is 10.4 Å². The van der Waals surface area contributed by atoms with Crippen molar-refractivity contribution in [2.45, 2.75) is 19.4 Å². The predicted octanol–water partition coefficient (Wildman–Crippen LogP) is 4.39. The maximum atomic E-state index is 12.3.